The number of aryl methyl sites for hydroxylation is 4. The fourth-order valence-electron chi connectivity index (χ4n) is 2.36. The first kappa shape index (κ1) is 11.6. The molecule has 0 saturated carbocycles. The molecule has 0 aliphatic rings. The Bertz CT molecular complexity index is 548. The zero-order valence-corrected chi connectivity index (χ0v) is 10.8. The number of hydrogen-bond donors (Lipinski definition) is 1. The molecule has 2 rings (SSSR count). The molecule has 0 atom stereocenters. The van der Waals surface area contributed by atoms with Crippen LogP contribution in [0.1, 0.15) is 22.3 Å². The quantitative estimate of drug-likeness (QED) is 0.807. The maximum atomic E-state index is 5.76. The predicted molar refractivity (Wildman–Crippen MR) is 73.0 cm³/mol. The van der Waals surface area contributed by atoms with Crippen molar-refractivity contribution in [3.63, 3.8) is 0 Å². The molecule has 0 fully saturated rings. The molecule has 0 aliphatic heterocycles. The lowest BCUT2D eigenvalue weighted by atomic mass is 9.94. The van der Waals surface area contributed by atoms with Crippen LogP contribution < -0.4 is 5.73 Å². The Balaban J connectivity index is 2.64. The van der Waals surface area contributed by atoms with E-state index < -0.39 is 0 Å². The number of hydrogen-bond acceptors (Lipinski definition) is 2. The minimum atomic E-state index is 0.608. The molecule has 1 aromatic heterocycles. The summed E-state index contributed by atoms with van der Waals surface area (Å²) in [6.07, 6.45) is 1.85. The minimum Gasteiger partial charge on any atom is -0.383 e. The van der Waals surface area contributed by atoms with Gasteiger partial charge in [-0.2, -0.15) is 0 Å². The summed E-state index contributed by atoms with van der Waals surface area (Å²) >= 11 is 0. The van der Waals surface area contributed by atoms with Crippen molar-refractivity contribution in [1.29, 1.82) is 0 Å². The third kappa shape index (κ3) is 2.16. The van der Waals surface area contributed by atoms with Crippen LogP contribution in [-0.2, 0) is 0 Å². The van der Waals surface area contributed by atoms with E-state index in [0.29, 0.717) is 5.82 Å². The summed E-state index contributed by atoms with van der Waals surface area (Å²) in [4.78, 5) is 4.24. The summed E-state index contributed by atoms with van der Waals surface area (Å²) in [6, 6.07) is 6.51. The van der Waals surface area contributed by atoms with E-state index in [9.17, 15) is 0 Å². The minimum absolute atomic E-state index is 0.608. The molecule has 0 unspecified atom stereocenters. The lowest BCUT2D eigenvalue weighted by molar-refractivity contribution is 1.26. The number of nitrogens with zero attached hydrogens (tertiary/aromatic N) is 1. The third-order valence-corrected chi connectivity index (χ3v) is 3.08. The van der Waals surface area contributed by atoms with E-state index in [0.717, 1.165) is 11.1 Å². The molecule has 0 spiro atoms. The monoisotopic (exact) mass is 226 g/mol. The third-order valence-electron chi connectivity index (χ3n) is 3.08. The number of nitrogen functional groups attached to an aromatic ring is 1. The first-order chi connectivity index (χ1) is 7.99. The highest BCUT2D eigenvalue weighted by Crippen LogP contribution is 2.29. The largest absolute Gasteiger partial charge is 0.383 e. The van der Waals surface area contributed by atoms with Gasteiger partial charge >= 0.3 is 0 Å². The highest BCUT2D eigenvalue weighted by Gasteiger charge is 2.08. The van der Waals surface area contributed by atoms with Gasteiger partial charge in [0.25, 0.3) is 0 Å². The van der Waals surface area contributed by atoms with E-state index in [2.05, 4.69) is 44.0 Å². The zero-order chi connectivity index (χ0) is 12.6. The second kappa shape index (κ2) is 4.21. The number of aromatic nitrogens is 1. The topological polar surface area (TPSA) is 38.9 Å². The van der Waals surface area contributed by atoms with E-state index >= 15 is 0 Å². The number of nitrogens with two attached hydrogens (primary N) is 1. The highest BCUT2D eigenvalue weighted by atomic mass is 14.8. The van der Waals surface area contributed by atoms with E-state index in [4.69, 9.17) is 5.73 Å². The maximum Gasteiger partial charge on any atom is 0.126 e. The van der Waals surface area contributed by atoms with Gasteiger partial charge in [0.05, 0.1) is 0 Å². The Hall–Kier alpha value is -1.83. The first-order valence-electron chi connectivity index (χ1n) is 5.79. The van der Waals surface area contributed by atoms with Gasteiger partial charge in [0.2, 0.25) is 0 Å². The van der Waals surface area contributed by atoms with Gasteiger partial charge in [-0.3, -0.25) is 0 Å². The molecule has 0 saturated heterocycles. The molecule has 0 aliphatic carbocycles. The number of benzene rings is 1. The van der Waals surface area contributed by atoms with Crippen LogP contribution in [0.3, 0.4) is 0 Å². The lowest BCUT2D eigenvalue weighted by Crippen LogP contribution is -1.96. The molecule has 0 bridgehead atoms. The van der Waals surface area contributed by atoms with Crippen LogP contribution in [-0.4, -0.2) is 4.98 Å². The average molecular weight is 226 g/mol. The van der Waals surface area contributed by atoms with Crippen LogP contribution >= 0.6 is 0 Å². The van der Waals surface area contributed by atoms with Crippen molar-refractivity contribution >= 4 is 5.82 Å². The second-order valence-corrected chi connectivity index (χ2v) is 4.70. The normalized spacial score (nSPS) is 10.6. The van der Waals surface area contributed by atoms with E-state index in [1.165, 1.54) is 22.3 Å². The van der Waals surface area contributed by atoms with Crippen molar-refractivity contribution in [3.05, 3.63) is 46.6 Å². The van der Waals surface area contributed by atoms with Crippen molar-refractivity contribution in [1.82, 2.24) is 4.98 Å². The molecule has 0 amide bonds. The number of rotatable bonds is 1. The van der Waals surface area contributed by atoms with Crippen LogP contribution in [0.2, 0.25) is 0 Å². The van der Waals surface area contributed by atoms with Crippen molar-refractivity contribution in [2.24, 2.45) is 0 Å². The summed E-state index contributed by atoms with van der Waals surface area (Å²) < 4.78 is 0. The van der Waals surface area contributed by atoms with Crippen LogP contribution in [0.25, 0.3) is 11.1 Å². The molecule has 88 valence electrons. The fourth-order valence-corrected chi connectivity index (χ4v) is 2.36. The molecule has 2 N–H and O–H groups in total. The van der Waals surface area contributed by atoms with Crippen molar-refractivity contribution < 1.29 is 0 Å². The predicted octanol–water partition coefficient (Wildman–Crippen LogP) is 3.56. The molecule has 2 heteroatoms. The van der Waals surface area contributed by atoms with E-state index in [1.807, 2.05) is 13.1 Å². The van der Waals surface area contributed by atoms with Crippen LogP contribution in [0.4, 0.5) is 5.82 Å². The molecule has 17 heavy (non-hydrogen) atoms. The fraction of sp³-hybridized carbons (Fsp3) is 0.267. The number of anilines is 1. The SMILES string of the molecule is Cc1cc(C)c(-c2cnc(N)c(C)c2)c(C)c1. The van der Waals surface area contributed by atoms with Gasteiger partial charge in [0, 0.05) is 11.8 Å². The number of pyridine rings is 1. The Morgan fingerprint density at radius 3 is 2.00 bits per heavy atom. The molecule has 1 heterocycles. The van der Waals surface area contributed by atoms with Gasteiger partial charge in [-0.25, -0.2) is 4.98 Å². The van der Waals surface area contributed by atoms with Crippen LogP contribution in [0.15, 0.2) is 24.4 Å². The van der Waals surface area contributed by atoms with Gasteiger partial charge < -0.3 is 5.73 Å². The molecule has 2 aromatic rings. The van der Waals surface area contributed by atoms with Gasteiger partial charge in [0.15, 0.2) is 0 Å². The molecule has 1 aromatic carbocycles. The van der Waals surface area contributed by atoms with Crippen LogP contribution in [0.5, 0.6) is 0 Å². The lowest BCUT2D eigenvalue weighted by Gasteiger charge is -2.12. The summed E-state index contributed by atoms with van der Waals surface area (Å²) in [5.41, 5.74) is 13.1. The van der Waals surface area contributed by atoms with Gasteiger partial charge in [-0.1, -0.05) is 17.7 Å². The molecule has 2 nitrogen and oxygen atoms in total. The Labute approximate surface area is 103 Å². The summed E-state index contributed by atoms with van der Waals surface area (Å²) in [6.45, 7) is 8.39. The summed E-state index contributed by atoms with van der Waals surface area (Å²) in [5.74, 6) is 0.608. The highest BCUT2D eigenvalue weighted by molar-refractivity contribution is 5.72. The molecule has 0 radical (unpaired) electrons. The first-order valence-corrected chi connectivity index (χ1v) is 5.79. The van der Waals surface area contributed by atoms with Gasteiger partial charge in [-0.05, 0) is 56.0 Å². The summed E-state index contributed by atoms with van der Waals surface area (Å²) in [5, 5.41) is 0. The summed E-state index contributed by atoms with van der Waals surface area (Å²) in [7, 11) is 0. The molecular formula is C15H18N2. The zero-order valence-electron chi connectivity index (χ0n) is 10.8. The average Bonchev–Trinajstić information content (AvgIpc) is 2.21. The van der Waals surface area contributed by atoms with Crippen molar-refractivity contribution in [3.8, 4) is 11.1 Å². The smallest absolute Gasteiger partial charge is 0.126 e. The Morgan fingerprint density at radius 1 is 0.882 bits per heavy atom. The van der Waals surface area contributed by atoms with Gasteiger partial charge in [0.1, 0.15) is 5.82 Å². The van der Waals surface area contributed by atoms with E-state index in [-0.39, 0.29) is 0 Å². The van der Waals surface area contributed by atoms with Gasteiger partial charge in [-0.15, -0.1) is 0 Å². The van der Waals surface area contributed by atoms with Crippen molar-refractivity contribution in [2.75, 3.05) is 5.73 Å². The van der Waals surface area contributed by atoms with E-state index in [1.54, 1.807) is 0 Å². The second-order valence-electron chi connectivity index (χ2n) is 4.70. The van der Waals surface area contributed by atoms with Crippen molar-refractivity contribution in [2.45, 2.75) is 27.7 Å². The molecular weight excluding hydrogens is 208 g/mol. The van der Waals surface area contributed by atoms with Crippen LogP contribution in [0, 0.1) is 27.7 Å². The Kier molecular flexibility index (Phi) is 2.88. The standard InChI is InChI=1S/C15H18N2/c1-9-5-10(2)14(11(3)6-9)13-7-12(4)15(16)17-8-13/h5-8H,1-4H3,(H2,16,17). The Morgan fingerprint density at radius 2 is 1.47 bits per heavy atom. The maximum absolute atomic E-state index is 5.76.